The highest BCUT2D eigenvalue weighted by Crippen LogP contribution is 2.35. The average molecular weight is 220 g/mol. The molecule has 1 aromatic carbocycles. The second kappa shape index (κ2) is 4.00. The molecule has 1 aromatic rings. The lowest BCUT2D eigenvalue weighted by molar-refractivity contribution is -0.124. The second-order valence-corrected chi connectivity index (χ2v) is 3.67. The van der Waals surface area contributed by atoms with Crippen molar-refractivity contribution in [1.29, 1.82) is 0 Å². The van der Waals surface area contributed by atoms with Crippen molar-refractivity contribution in [2.24, 2.45) is 0 Å². The molecular weight excluding hydrogens is 210 g/mol. The predicted molar refractivity (Wildman–Crippen MR) is 58.1 cm³/mol. The van der Waals surface area contributed by atoms with Crippen molar-refractivity contribution < 1.29 is 13.6 Å². The maximum atomic E-state index is 13.1. The third kappa shape index (κ3) is 1.94. The molecule has 0 radical (unpaired) electrons. The number of hydrogen-bond acceptors (Lipinski definition) is 1. The van der Waals surface area contributed by atoms with E-state index in [0.717, 1.165) is 11.1 Å². The van der Waals surface area contributed by atoms with Gasteiger partial charge in [0.2, 0.25) is 0 Å². The van der Waals surface area contributed by atoms with Crippen molar-refractivity contribution in [3.63, 3.8) is 0 Å². The van der Waals surface area contributed by atoms with Gasteiger partial charge in [-0.25, -0.2) is 0 Å². The Labute approximate surface area is 92.1 Å². The van der Waals surface area contributed by atoms with Crippen molar-refractivity contribution in [2.75, 3.05) is 0 Å². The first kappa shape index (κ1) is 10.7. The smallest absolute Gasteiger partial charge is 0.296 e. The van der Waals surface area contributed by atoms with Gasteiger partial charge >= 0.3 is 5.92 Å². The highest BCUT2D eigenvalue weighted by Gasteiger charge is 2.35. The molecule has 0 spiro atoms. The fourth-order valence-electron chi connectivity index (χ4n) is 1.68. The van der Waals surface area contributed by atoms with E-state index < -0.39 is 5.92 Å². The normalized spacial score (nSPS) is 15.6. The van der Waals surface area contributed by atoms with Crippen LogP contribution >= 0.6 is 0 Å². The standard InChI is InChI=1S/C13H10F2O/c14-13(15,9-16)12-7-6-11(8-12)10-4-2-1-3-5-10/h1-7,9H,8H2. The molecule has 0 heterocycles. The molecular formula is C13H10F2O. The zero-order valence-corrected chi connectivity index (χ0v) is 8.49. The zero-order valence-electron chi connectivity index (χ0n) is 8.49. The second-order valence-electron chi connectivity index (χ2n) is 3.67. The molecule has 1 aliphatic carbocycles. The van der Waals surface area contributed by atoms with Crippen molar-refractivity contribution in [3.05, 3.63) is 53.6 Å². The van der Waals surface area contributed by atoms with E-state index >= 15 is 0 Å². The van der Waals surface area contributed by atoms with Crippen LogP contribution < -0.4 is 0 Å². The summed E-state index contributed by atoms with van der Waals surface area (Å²) in [7, 11) is 0. The molecule has 82 valence electrons. The number of allylic oxidation sites excluding steroid dienone is 4. The molecule has 3 heteroatoms. The van der Waals surface area contributed by atoms with Gasteiger partial charge in [0.1, 0.15) is 0 Å². The van der Waals surface area contributed by atoms with Gasteiger partial charge in [-0.3, -0.25) is 4.79 Å². The summed E-state index contributed by atoms with van der Waals surface area (Å²) in [6, 6.07) is 9.30. The topological polar surface area (TPSA) is 17.1 Å². The molecule has 2 rings (SSSR count). The van der Waals surface area contributed by atoms with Gasteiger partial charge in [0.25, 0.3) is 0 Å². The third-order valence-corrected chi connectivity index (χ3v) is 2.59. The van der Waals surface area contributed by atoms with E-state index in [9.17, 15) is 13.6 Å². The fourth-order valence-corrected chi connectivity index (χ4v) is 1.68. The Balaban J connectivity index is 2.16. The number of benzene rings is 1. The van der Waals surface area contributed by atoms with Crippen LogP contribution in [0.25, 0.3) is 5.57 Å². The number of carbonyl (C=O) groups excluding carboxylic acids is 1. The maximum absolute atomic E-state index is 13.1. The lowest BCUT2D eigenvalue weighted by atomic mass is 10.0. The van der Waals surface area contributed by atoms with E-state index in [1.165, 1.54) is 6.08 Å². The summed E-state index contributed by atoms with van der Waals surface area (Å²) in [4.78, 5) is 10.2. The molecule has 0 atom stereocenters. The lowest BCUT2D eigenvalue weighted by Gasteiger charge is -2.11. The van der Waals surface area contributed by atoms with Crippen molar-refractivity contribution in [2.45, 2.75) is 12.3 Å². The van der Waals surface area contributed by atoms with E-state index in [4.69, 9.17) is 0 Å². The molecule has 0 aliphatic heterocycles. The Morgan fingerprint density at radius 1 is 1.12 bits per heavy atom. The zero-order chi connectivity index (χ0) is 11.6. The first-order valence-corrected chi connectivity index (χ1v) is 4.93. The Morgan fingerprint density at radius 2 is 1.81 bits per heavy atom. The van der Waals surface area contributed by atoms with Gasteiger partial charge in [-0.1, -0.05) is 42.5 Å². The van der Waals surface area contributed by atoms with Gasteiger partial charge in [-0.2, -0.15) is 8.78 Å². The molecule has 0 saturated carbocycles. The summed E-state index contributed by atoms with van der Waals surface area (Å²) >= 11 is 0. The van der Waals surface area contributed by atoms with Gasteiger partial charge in [-0.05, 0) is 11.1 Å². The van der Waals surface area contributed by atoms with Crippen LogP contribution in [0.5, 0.6) is 0 Å². The highest BCUT2D eigenvalue weighted by atomic mass is 19.3. The van der Waals surface area contributed by atoms with Crippen LogP contribution in [0.1, 0.15) is 12.0 Å². The van der Waals surface area contributed by atoms with Crippen LogP contribution in [0.2, 0.25) is 0 Å². The summed E-state index contributed by atoms with van der Waals surface area (Å²) in [5.74, 6) is -3.34. The molecule has 0 fully saturated rings. The molecule has 0 unspecified atom stereocenters. The van der Waals surface area contributed by atoms with Crippen molar-refractivity contribution in [1.82, 2.24) is 0 Å². The van der Waals surface area contributed by atoms with E-state index in [2.05, 4.69) is 0 Å². The Kier molecular flexibility index (Phi) is 2.69. The van der Waals surface area contributed by atoms with Gasteiger partial charge in [0.05, 0.1) is 0 Å². The number of carbonyl (C=O) groups is 1. The Morgan fingerprint density at radius 3 is 2.44 bits per heavy atom. The van der Waals surface area contributed by atoms with E-state index in [0.29, 0.717) is 0 Å². The minimum absolute atomic E-state index is 0.135. The molecule has 0 amide bonds. The molecule has 0 bridgehead atoms. The highest BCUT2D eigenvalue weighted by molar-refractivity contribution is 5.77. The van der Waals surface area contributed by atoms with E-state index in [-0.39, 0.29) is 18.3 Å². The van der Waals surface area contributed by atoms with Gasteiger partial charge in [0.15, 0.2) is 6.29 Å². The van der Waals surface area contributed by atoms with Crippen LogP contribution in [0.15, 0.2) is 48.1 Å². The van der Waals surface area contributed by atoms with Gasteiger partial charge in [0, 0.05) is 12.0 Å². The number of rotatable bonds is 3. The van der Waals surface area contributed by atoms with Crippen LogP contribution in [-0.2, 0) is 4.79 Å². The number of hydrogen-bond donors (Lipinski definition) is 0. The van der Waals surface area contributed by atoms with Crippen molar-refractivity contribution >= 4 is 11.9 Å². The number of alkyl halides is 2. The van der Waals surface area contributed by atoms with Crippen LogP contribution in [0.3, 0.4) is 0 Å². The fraction of sp³-hybridized carbons (Fsp3) is 0.154. The van der Waals surface area contributed by atoms with Crippen LogP contribution in [0, 0.1) is 0 Å². The first-order chi connectivity index (χ1) is 7.63. The maximum Gasteiger partial charge on any atom is 0.324 e. The number of halogens is 2. The summed E-state index contributed by atoms with van der Waals surface area (Å²) in [5.41, 5.74) is 1.59. The van der Waals surface area contributed by atoms with Gasteiger partial charge < -0.3 is 0 Å². The first-order valence-electron chi connectivity index (χ1n) is 4.93. The summed E-state index contributed by atoms with van der Waals surface area (Å²) in [6.45, 7) is 0. The minimum atomic E-state index is -3.34. The molecule has 0 aromatic heterocycles. The molecule has 0 saturated heterocycles. The lowest BCUT2D eigenvalue weighted by Crippen LogP contribution is -2.20. The largest absolute Gasteiger partial charge is 0.324 e. The SMILES string of the molecule is O=CC(F)(F)C1=CC=C(c2ccccc2)C1. The molecule has 16 heavy (non-hydrogen) atoms. The summed E-state index contributed by atoms with van der Waals surface area (Å²) < 4.78 is 26.2. The van der Waals surface area contributed by atoms with Crippen molar-refractivity contribution in [3.8, 4) is 0 Å². The molecule has 0 N–H and O–H groups in total. The monoisotopic (exact) mass is 220 g/mol. The summed E-state index contributed by atoms with van der Waals surface area (Å²) in [6.07, 6.45) is 2.80. The summed E-state index contributed by atoms with van der Waals surface area (Å²) in [5, 5.41) is 0. The molecule has 1 nitrogen and oxygen atoms in total. The van der Waals surface area contributed by atoms with E-state index in [1.54, 1.807) is 6.08 Å². The third-order valence-electron chi connectivity index (χ3n) is 2.59. The van der Waals surface area contributed by atoms with Crippen LogP contribution in [0.4, 0.5) is 8.78 Å². The van der Waals surface area contributed by atoms with Gasteiger partial charge in [-0.15, -0.1) is 0 Å². The number of aldehydes is 1. The Bertz CT molecular complexity index is 458. The Hall–Kier alpha value is -1.77. The molecule has 1 aliphatic rings. The predicted octanol–water partition coefficient (Wildman–Crippen LogP) is 3.23. The minimum Gasteiger partial charge on any atom is -0.296 e. The quantitative estimate of drug-likeness (QED) is 0.715. The van der Waals surface area contributed by atoms with Crippen LogP contribution in [-0.4, -0.2) is 12.2 Å². The van der Waals surface area contributed by atoms with E-state index in [1.807, 2.05) is 30.3 Å². The average Bonchev–Trinajstić information content (AvgIpc) is 2.80.